The van der Waals surface area contributed by atoms with Crippen molar-refractivity contribution < 1.29 is 4.79 Å². The van der Waals surface area contributed by atoms with Crippen LogP contribution in [0.2, 0.25) is 0 Å². The average molecular weight is 217 g/mol. The molecule has 0 atom stereocenters. The summed E-state index contributed by atoms with van der Waals surface area (Å²) in [6.45, 7) is 0. The predicted octanol–water partition coefficient (Wildman–Crippen LogP) is 3.16. The highest BCUT2D eigenvalue weighted by Gasteiger charge is 2.20. The number of rotatable bonds is 4. The summed E-state index contributed by atoms with van der Waals surface area (Å²) in [6.07, 6.45) is 11.2. The van der Waals surface area contributed by atoms with Crippen LogP contribution in [0.15, 0.2) is 24.5 Å². The van der Waals surface area contributed by atoms with Crippen molar-refractivity contribution >= 4 is 5.78 Å². The highest BCUT2D eigenvalue weighted by molar-refractivity contribution is 5.81. The van der Waals surface area contributed by atoms with E-state index in [4.69, 9.17) is 0 Å². The minimum absolute atomic E-state index is 0.357. The highest BCUT2D eigenvalue weighted by atomic mass is 16.1. The van der Waals surface area contributed by atoms with Gasteiger partial charge in [-0.3, -0.25) is 9.78 Å². The van der Waals surface area contributed by atoms with Gasteiger partial charge in [0.05, 0.1) is 0 Å². The zero-order chi connectivity index (χ0) is 11.2. The van der Waals surface area contributed by atoms with Gasteiger partial charge in [0.2, 0.25) is 0 Å². The van der Waals surface area contributed by atoms with E-state index in [-0.39, 0.29) is 0 Å². The van der Waals surface area contributed by atoms with Gasteiger partial charge in [0.25, 0.3) is 0 Å². The number of hydrogen-bond donors (Lipinski definition) is 0. The SMILES string of the molecule is O=C(CCc1ccncc1)C1CCCCC1. The monoisotopic (exact) mass is 217 g/mol. The van der Waals surface area contributed by atoms with Crippen LogP contribution in [-0.2, 0) is 11.2 Å². The Hall–Kier alpha value is -1.18. The molecule has 1 aromatic rings. The van der Waals surface area contributed by atoms with Gasteiger partial charge in [0.15, 0.2) is 0 Å². The molecule has 0 saturated heterocycles. The van der Waals surface area contributed by atoms with E-state index in [0.29, 0.717) is 18.1 Å². The first-order chi connectivity index (χ1) is 7.86. The van der Waals surface area contributed by atoms with Gasteiger partial charge in [0.1, 0.15) is 5.78 Å². The lowest BCUT2D eigenvalue weighted by molar-refractivity contribution is -0.123. The van der Waals surface area contributed by atoms with Crippen LogP contribution in [0.25, 0.3) is 0 Å². The number of hydrogen-bond acceptors (Lipinski definition) is 2. The number of pyridine rings is 1. The van der Waals surface area contributed by atoms with E-state index in [2.05, 4.69) is 4.98 Å². The van der Waals surface area contributed by atoms with Crippen LogP contribution in [-0.4, -0.2) is 10.8 Å². The summed E-state index contributed by atoms with van der Waals surface area (Å²) in [4.78, 5) is 15.9. The Morgan fingerprint density at radius 1 is 1.19 bits per heavy atom. The van der Waals surface area contributed by atoms with Crippen molar-refractivity contribution in [1.29, 1.82) is 0 Å². The maximum absolute atomic E-state index is 12.0. The topological polar surface area (TPSA) is 30.0 Å². The fourth-order valence-corrected chi connectivity index (χ4v) is 2.45. The molecule has 2 heteroatoms. The lowest BCUT2D eigenvalue weighted by atomic mass is 9.84. The molecule has 0 radical (unpaired) electrons. The zero-order valence-electron chi connectivity index (χ0n) is 9.69. The molecule has 86 valence electrons. The minimum atomic E-state index is 0.357. The molecule has 0 bridgehead atoms. The predicted molar refractivity (Wildman–Crippen MR) is 64.1 cm³/mol. The molecule has 0 unspecified atom stereocenters. The molecular weight excluding hydrogens is 198 g/mol. The summed E-state index contributed by atoms with van der Waals surface area (Å²) < 4.78 is 0. The molecule has 1 fully saturated rings. The van der Waals surface area contributed by atoms with Crippen molar-refractivity contribution in [3.05, 3.63) is 30.1 Å². The minimum Gasteiger partial charge on any atom is -0.299 e. The second kappa shape index (κ2) is 5.78. The standard InChI is InChI=1S/C14H19NO/c16-14(13-4-2-1-3-5-13)7-6-12-8-10-15-11-9-12/h8-11,13H,1-7H2. The molecule has 1 aliphatic rings. The Morgan fingerprint density at radius 2 is 1.88 bits per heavy atom. The van der Waals surface area contributed by atoms with Crippen LogP contribution in [0.1, 0.15) is 44.1 Å². The van der Waals surface area contributed by atoms with E-state index in [1.165, 1.54) is 24.8 Å². The molecule has 0 aromatic carbocycles. The summed E-state index contributed by atoms with van der Waals surface area (Å²) >= 11 is 0. The average Bonchev–Trinajstić information content (AvgIpc) is 2.38. The zero-order valence-corrected chi connectivity index (χ0v) is 9.69. The number of carbonyl (C=O) groups is 1. The van der Waals surface area contributed by atoms with E-state index < -0.39 is 0 Å². The van der Waals surface area contributed by atoms with Crippen molar-refractivity contribution in [2.45, 2.75) is 44.9 Å². The fourth-order valence-electron chi connectivity index (χ4n) is 2.45. The van der Waals surface area contributed by atoms with Gasteiger partial charge >= 0.3 is 0 Å². The Kier molecular flexibility index (Phi) is 4.09. The van der Waals surface area contributed by atoms with Crippen molar-refractivity contribution in [2.24, 2.45) is 5.92 Å². The molecule has 0 aliphatic heterocycles. The number of aromatic nitrogens is 1. The summed E-state index contributed by atoms with van der Waals surface area (Å²) in [5.41, 5.74) is 1.22. The largest absolute Gasteiger partial charge is 0.299 e. The quantitative estimate of drug-likeness (QED) is 0.775. The first kappa shape index (κ1) is 11.3. The number of carbonyl (C=O) groups excluding carboxylic acids is 1. The number of nitrogens with zero attached hydrogens (tertiary/aromatic N) is 1. The molecule has 2 rings (SSSR count). The second-order valence-electron chi connectivity index (χ2n) is 4.66. The molecule has 1 aliphatic carbocycles. The number of ketones is 1. The van der Waals surface area contributed by atoms with Gasteiger partial charge in [0, 0.05) is 24.7 Å². The first-order valence-electron chi connectivity index (χ1n) is 6.28. The summed E-state index contributed by atoms with van der Waals surface area (Å²) in [7, 11) is 0. The molecule has 0 N–H and O–H groups in total. The Balaban J connectivity index is 1.79. The molecule has 0 amide bonds. The van der Waals surface area contributed by atoms with Crippen LogP contribution in [0.4, 0.5) is 0 Å². The van der Waals surface area contributed by atoms with Gasteiger partial charge in [-0.25, -0.2) is 0 Å². The Bertz CT molecular complexity index is 328. The second-order valence-corrected chi connectivity index (χ2v) is 4.66. The summed E-state index contributed by atoms with van der Waals surface area (Å²) in [5, 5.41) is 0. The van der Waals surface area contributed by atoms with E-state index in [1.807, 2.05) is 12.1 Å². The van der Waals surface area contributed by atoms with Crippen LogP contribution in [0, 0.1) is 5.92 Å². The van der Waals surface area contributed by atoms with Crippen LogP contribution < -0.4 is 0 Å². The fraction of sp³-hybridized carbons (Fsp3) is 0.571. The Morgan fingerprint density at radius 3 is 2.56 bits per heavy atom. The third-order valence-electron chi connectivity index (χ3n) is 3.47. The summed E-state index contributed by atoms with van der Waals surface area (Å²) in [5.74, 6) is 0.826. The smallest absolute Gasteiger partial charge is 0.136 e. The van der Waals surface area contributed by atoms with Crippen LogP contribution >= 0.6 is 0 Å². The van der Waals surface area contributed by atoms with Gasteiger partial charge in [-0.1, -0.05) is 19.3 Å². The number of aryl methyl sites for hydroxylation is 1. The highest BCUT2D eigenvalue weighted by Crippen LogP contribution is 2.25. The molecule has 1 heterocycles. The van der Waals surface area contributed by atoms with E-state index in [1.54, 1.807) is 12.4 Å². The third kappa shape index (κ3) is 3.16. The van der Waals surface area contributed by atoms with Gasteiger partial charge < -0.3 is 0 Å². The molecular formula is C14H19NO. The van der Waals surface area contributed by atoms with E-state index in [0.717, 1.165) is 19.3 Å². The lowest BCUT2D eigenvalue weighted by Gasteiger charge is -2.20. The Labute approximate surface area is 97.1 Å². The lowest BCUT2D eigenvalue weighted by Crippen LogP contribution is -2.18. The van der Waals surface area contributed by atoms with Crippen molar-refractivity contribution in [2.75, 3.05) is 0 Å². The van der Waals surface area contributed by atoms with Crippen molar-refractivity contribution in [3.8, 4) is 0 Å². The number of Topliss-reactive ketones (excluding diaryl/α,β-unsaturated/α-hetero) is 1. The van der Waals surface area contributed by atoms with Gasteiger partial charge in [-0.2, -0.15) is 0 Å². The van der Waals surface area contributed by atoms with Crippen LogP contribution in [0.3, 0.4) is 0 Å². The third-order valence-corrected chi connectivity index (χ3v) is 3.47. The van der Waals surface area contributed by atoms with E-state index >= 15 is 0 Å². The van der Waals surface area contributed by atoms with Gasteiger partial charge in [-0.15, -0.1) is 0 Å². The molecule has 2 nitrogen and oxygen atoms in total. The molecule has 1 saturated carbocycles. The van der Waals surface area contributed by atoms with Gasteiger partial charge in [-0.05, 0) is 37.0 Å². The summed E-state index contributed by atoms with van der Waals surface area (Å²) in [6, 6.07) is 3.99. The first-order valence-corrected chi connectivity index (χ1v) is 6.28. The van der Waals surface area contributed by atoms with Crippen LogP contribution in [0.5, 0.6) is 0 Å². The van der Waals surface area contributed by atoms with E-state index in [9.17, 15) is 4.79 Å². The van der Waals surface area contributed by atoms with Crippen molar-refractivity contribution in [1.82, 2.24) is 4.98 Å². The maximum Gasteiger partial charge on any atom is 0.136 e. The molecule has 0 spiro atoms. The normalized spacial score (nSPS) is 17.2. The maximum atomic E-state index is 12.0. The molecule has 1 aromatic heterocycles. The van der Waals surface area contributed by atoms with Crippen molar-refractivity contribution in [3.63, 3.8) is 0 Å². The molecule has 16 heavy (non-hydrogen) atoms.